The summed E-state index contributed by atoms with van der Waals surface area (Å²) in [5.41, 5.74) is 0.410. The minimum Gasteiger partial charge on any atom is -0.491 e. The largest absolute Gasteiger partial charge is 0.491 e. The second-order valence-corrected chi connectivity index (χ2v) is 5.00. The molecule has 1 aromatic rings. The number of hydrogen-bond donors (Lipinski definition) is 1. The molecule has 0 saturated carbocycles. The van der Waals surface area contributed by atoms with Crippen LogP contribution in [0.15, 0.2) is 18.2 Å². The van der Waals surface area contributed by atoms with Crippen molar-refractivity contribution in [1.82, 2.24) is 4.90 Å². The Balaban J connectivity index is 2.61. The van der Waals surface area contributed by atoms with Gasteiger partial charge >= 0.3 is 6.03 Å². The van der Waals surface area contributed by atoms with Crippen molar-refractivity contribution in [2.75, 3.05) is 26.0 Å². The summed E-state index contributed by atoms with van der Waals surface area (Å²) in [5.74, 6) is 0.255. The molecule has 0 aliphatic carbocycles. The molecule has 0 aliphatic heterocycles. The van der Waals surface area contributed by atoms with Gasteiger partial charge in [0.1, 0.15) is 0 Å². The molecule has 0 aliphatic rings. The van der Waals surface area contributed by atoms with Gasteiger partial charge in [0.2, 0.25) is 0 Å². The fourth-order valence-corrected chi connectivity index (χ4v) is 1.34. The number of nitrogens with one attached hydrogen (secondary N) is 1. The van der Waals surface area contributed by atoms with Crippen LogP contribution in [0.5, 0.6) is 5.75 Å². The maximum Gasteiger partial charge on any atom is 0.321 e. The molecule has 0 bridgehead atoms. The molecule has 0 radical (unpaired) electrons. The molecule has 1 aromatic carbocycles. The van der Waals surface area contributed by atoms with E-state index in [1.165, 1.54) is 17.0 Å². The number of ether oxygens (including phenoxy) is 1. The van der Waals surface area contributed by atoms with Crippen molar-refractivity contribution in [3.63, 3.8) is 0 Å². The molecule has 0 aromatic heterocycles. The summed E-state index contributed by atoms with van der Waals surface area (Å²) < 4.78 is 19.1. The minimum atomic E-state index is -0.472. The number of rotatable bonds is 5. The van der Waals surface area contributed by atoms with Gasteiger partial charge in [0, 0.05) is 25.8 Å². The number of carbonyl (C=O) groups is 1. The second-order valence-electron chi connectivity index (χ2n) is 5.00. The number of nitrogens with zero attached hydrogens (tertiary/aromatic N) is 1. The van der Waals surface area contributed by atoms with Crippen LogP contribution in [-0.2, 0) is 0 Å². The van der Waals surface area contributed by atoms with Crippen LogP contribution in [0.2, 0.25) is 0 Å². The maximum atomic E-state index is 13.7. The Hall–Kier alpha value is -1.78. The number of halogens is 1. The normalized spacial score (nSPS) is 10.4. The molecule has 19 heavy (non-hydrogen) atoms. The van der Waals surface area contributed by atoms with Crippen LogP contribution in [-0.4, -0.2) is 31.6 Å². The Bertz CT molecular complexity index is 433. The average molecular weight is 268 g/mol. The number of anilines is 1. The molecule has 0 fully saturated rings. The van der Waals surface area contributed by atoms with E-state index in [0.29, 0.717) is 18.2 Å². The van der Waals surface area contributed by atoms with E-state index in [1.54, 1.807) is 20.2 Å². The van der Waals surface area contributed by atoms with Gasteiger partial charge in [0.15, 0.2) is 11.6 Å². The van der Waals surface area contributed by atoms with Crippen molar-refractivity contribution >= 4 is 11.7 Å². The molecule has 0 heterocycles. The summed E-state index contributed by atoms with van der Waals surface area (Å²) in [4.78, 5) is 12.8. The first kappa shape index (κ1) is 15.3. The monoisotopic (exact) mass is 268 g/mol. The van der Waals surface area contributed by atoms with Crippen LogP contribution in [0.3, 0.4) is 0 Å². The molecular formula is C14H21FN2O2. The van der Waals surface area contributed by atoms with Crippen LogP contribution >= 0.6 is 0 Å². The molecule has 4 nitrogen and oxygen atoms in total. The van der Waals surface area contributed by atoms with Crippen molar-refractivity contribution in [3.8, 4) is 5.75 Å². The second kappa shape index (κ2) is 6.97. The van der Waals surface area contributed by atoms with E-state index in [0.717, 1.165) is 6.42 Å². The first-order valence-electron chi connectivity index (χ1n) is 6.30. The highest BCUT2D eigenvalue weighted by atomic mass is 19.1. The summed E-state index contributed by atoms with van der Waals surface area (Å²) in [6, 6.07) is 4.11. The van der Waals surface area contributed by atoms with Crippen molar-refractivity contribution in [1.29, 1.82) is 0 Å². The zero-order valence-corrected chi connectivity index (χ0v) is 11.9. The maximum absolute atomic E-state index is 13.7. The van der Waals surface area contributed by atoms with Crippen molar-refractivity contribution in [3.05, 3.63) is 24.0 Å². The lowest BCUT2D eigenvalue weighted by Crippen LogP contribution is -2.27. The Morgan fingerprint density at radius 2 is 2.11 bits per heavy atom. The highest BCUT2D eigenvalue weighted by Gasteiger charge is 2.08. The average Bonchev–Trinajstić information content (AvgIpc) is 2.31. The van der Waals surface area contributed by atoms with E-state index >= 15 is 0 Å². The van der Waals surface area contributed by atoms with Gasteiger partial charge in [-0.25, -0.2) is 9.18 Å². The fraction of sp³-hybridized carbons (Fsp3) is 0.500. The SMILES string of the molecule is CC(C)CCOc1ccc(NC(=O)N(C)C)cc1F. The quantitative estimate of drug-likeness (QED) is 0.889. The molecule has 106 valence electrons. The van der Waals surface area contributed by atoms with Crippen molar-refractivity contribution < 1.29 is 13.9 Å². The third-order valence-electron chi connectivity index (χ3n) is 2.54. The smallest absolute Gasteiger partial charge is 0.321 e. The van der Waals surface area contributed by atoms with Gasteiger partial charge in [-0.1, -0.05) is 13.8 Å². The van der Waals surface area contributed by atoms with E-state index in [1.807, 2.05) is 0 Å². The lowest BCUT2D eigenvalue weighted by Gasteiger charge is -2.13. The molecule has 0 atom stereocenters. The number of amides is 2. The van der Waals surface area contributed by atoms with Gasteiger partial charge in [-0.05, 0) is 24.5 Å². The third-order valence-corrected chi connectivity index (χ3v) is 2.54. The first-order chi connectivity index (χ1) is 8.90. The molecule has 0 saturated heterocycles. The van der Waals surface area contributed by atoms with Crippen LogP contribution < -0.4 is 10.1 Å². The van der Waals surface area contributed by atoms with Crippen LogP contribution in [0.1, 0.15) is 20.3 Å². The Morgan fingerprint density at radius 1 is 1.42 bits per heavy atom. The van der Waals surface area contributed by atoms with E-state index in [-0.39, 0.29) is 11.8 Å². The predicted molar refractivity (Wildman–Crippen MR) is 74.1 cm³/mol. The van der Waals surface area contributed by atoms with E-state index < -0.39 is 5.82 Å². The van der Waals surface area contributed by atoms with E-state index in [9.17, 15) is 9.18 Å². The van der Waals surface area contributed by atoms with Crippen molar-refractivity contribution in [2.45, 2.75) is 20.3 Å². The lowest BCUT2D eigenvalue weighted by atomic mass is 10.1. The van der Waals surface area contributed by atoms with Crippen molar-refractivity contribution in [2.24, 2.45) is 5.92 Å². The Kier molecular flexibility index (Phi) is 5.60. The molecule has 0 spiro atoms. The predicted octanol–water partition coefficient (Wildman–Crippen LogP) is 3.34. The summed E-state index contributed by atoms with van der Waals surface area (Å²) in [6.07, 6.45) is 0.874. The van der Waals surface area contributed by atoms with Gasteiger partial charge in [-0.15, -0.1) is 0 Å². The molecule has 2 amide bonds. The Morgan fingerprint density at radius 3 is 2.63 bits per heavy atom. The first-order valence-corrected chi connectivity index (χ1v) is 6.30. The molecule has 0 unspecified atom stereocenters. The van der Waals surface area contributed by atoms with E-state index in [2.05, 4.69) is 19.2 Å². The molecule has 1 N–H and O–H groups in total. The van der Waals surface area contributed by atoms with Crippen LogP contribution in [0, 0.1) is 11.7 Å². The third kappa shape index (κ3) is 5.16. The Labute approximate surface area is 113 Å². The number of urea groups is 1. The van der Waals surface area contributed by atoms with Crippen LogP contribution in [0.25, 0.3) is 0 Å². The number of hydrogen-bond acceptors (Lipinski definition) is 2. The zero-order chi connectivity index (χ0) is 14.4. The molecule has 1 rings (SSSR count). The topological polar surface area (TPSA) is 41.6 Å². The van der Waals surface area contributed by atoms with Gasteiger partial charge in [-0.3, -0.25) is 0 Å². The van der Waals surface area contributed by atoms with Crippen LogP contribution in [0.4, 0.5) is 14.9 Å². The molecular weight excluding hydrogens is 247 g/mol. The number of carbonyl (C=O) groups excluding carboxylic acids is 1. The van der Waals surface area contributed by atoms with Gasteiger partial charge in [0.05, 0.1) is 6.61 Å². The summed E-state index contributed by atoms with van der Waals surface area (Å²) in [7, 11) is 3.24. The highest BCUT2D eigenvalue weighted by Crippen LogP contribution is 2.21. The van der Waals surface area contributed by atoms with Gasteiger partial charge in [0.25, 0.3) is 0 Å². The zero-order valence-electron chi connectivity index (χ0n) is 11.9. The van der Waals surface area contributed by atoms with Gasteiger partial charge in [-0.2, -0.15) is 0 Å². The fourth-order valence-electron chi connectivity index (χ4n) is 1.34. The minimum absolute atomic E-state index is 0.212. The summed E-state index contributed by atoms with van der Waals surface area (Å²) in [6.45, 7) is 4.65. The lowest BCUT2D eigenvalue weighted by molar-refractivity contribution is 0.230. The highest BCUT2D eigenvalue weighted by molar-refractivity contribution is 5.88. The standard InChI is InChI=1S/C14H21FN2O2/c1-10(2)7-8-19-13-6-5-11(9-12(13)15)16-14(18)17(3)4/h5-6,9-10H,7-8H2,1-4H3,(H,16,18). The van der Waals surface area contributed by atoms with Gasteiger partial charge < -0.3 is 15.0 Å². The van der Waals surface area contributed by atoms with E-state index in [4.69, 9.17) is 4.74 Å². The summed E-state index contributed by atoms with van der Waals surface area (Å²) >= 11 is 0. The molecule has 5 heteroatoms. The number of benzene rings is 1. The summed E-state index contributed by atoms with van der Waals surface area (Å²) in [5, 5.41) is 2.58.